The second-order valence-electron chi connectivity index (χ2n) is 7.43. The molecular weight excluding hydrogens is 248 g/mol. The van der Waals surface area contributed by atoms with Crippen molar-refractivity contribution in [1.82, 2.24) is 0 Å². The van der Waals surface area contributed by atoms with E-state index in [-0.39, 0.29) is 11.5 Å². The van der Waals surface area contributed by atoms with Crippen molar-refractivity contribution in [3.05, 3.63) is 12.2 Å². The van der Waals surface area contributed by atoms with Crippen molar-refractivity contribution < 1.29 is 9.53 Å². The molecule has 3 atom stereocenters. The van der Waals surface area contributed by atoms with E-state index in [9.17, 15) is 4.79 Å². The third-order valence-electron chi connectivity index (χ3n) is 6.41. The summed E-state index contributed by atoms with van der Waals surface area (Å²) in [5, 5.41) is 0. The van der Waals surface area contributed by atoms with E-state index in [2.05, 4.69) is 12.2 Å². The number of rotatable bonds is 1. The molecule has 2 heterocycles. The van der Waals surface area contributed by atoms with Gasteiger partial charge < -0.3 is 4.74 Å². The van der Waals surface area contributed by atoms with Crippen LogP contribution in [0.4, 0.5) is 0 Å². The summed E-state index contributed by atoms with van der Waals surface area (Å²) in [6, 6.07) is 0. The molecule has 0 radical (unpaired) electrons. The highest BCUT2D eigenvalue weighted by atomic mass is 16.5. The lowest BCUT2D eigenvalue weighted by Gasteiger charge is -2.37. The smallest absolute Gasteiger partial charge is 0.171 e. The van der Waals surface area contributed by atoms with E-state index in [1.807, 2.05) is 0 Å². The minimum absolute atomic E-state index is 0.115. The van der Waals surface area contributed by atoms with Crippen LogP contribution in [0.15, 0.2) is 12.2 Å². The Kier molecular flexibility index (Phi) is 3.06. The molecule has 0 aromatic rings. The first-order valence-electron chi connectivity index (χ1n) is 8.66. The number of carbonyl (C=O) groups is 1. The van der Waals surface area contributed by atoms with Crippen molar-refractivity contribution in [3.63, 3.8) is 0 Å². The molecule has 2 nitrogen and oxygen atoms in total. The average molecular weight is 274 g/mol. The fourth-order valence-corrected chi connectivity index (χ4v) is 5.41. The molecule has 0 N–H and O–H groups in total. The molecule has 4 rings (SSSR count). The number of Topliss-reactive ketones (excluding diaryl/α,β-unsaturated/α-hetero) is 1. The van der Waals surface area contributed by atoms with Crippen molar-refractivity contribution in [2.45, 2.75) is 81.8 Å². The van der Waals surface area contributed by atoms with Gasteiger partial charge in [-0.2, -0.15) is 0 Å². The van der Waals surface area contributed by atoms with Crippen LogP contribution in [0.5, 0.6) is 0 Å². The number of carbonyl (C=O) groups excluding carboxylic acids is 1. The largest absolute Gasteiger partial charge is 0.359 e. The molecule has 2 bridgehead atoms. The quantitative estimate of drug-likeness (QED) is 0.529. The molecule has 0 amide bonds. The molecule has 1 unspecified atom stereocenters. The van der Waals surface area contributed by atoms with Gasteiger partial charge in [-0.1, -0.05) is 37.8 Å². The third-order valence-corrected chi connectivity index (χ3v) is 6.41. The monoisotopic (exact) mass is 274 g/mol. The summed E-state index contributed by atoms with van der Waals surface area (Å²) in [6.07, 6.45) is 17.3. The Labute approximate surface area is 122 Å². The lowest BCUT2D eigenvalue weighted by Crippen LogP contribution is -2.45. The van der Waals surface area contributed by atoms with E-state index >= 15 is 0 Å². The van der Waals surface area contributed by atoms with Gasteiger partial charge in [0.15, 0.2) is 5.78 Å². The molecule has 1 spiro atoms. The number of ketones is 1. The van der Waals surface area contributed by atoms with Crippen LogP contribution < -0.4 is 0 Å². The molecular formula is C18H26O2. The molecule has 2 aliphatic heterocycles. The van der Waals surface area contributed by atoms with E-state index < -0.39 is 5.60 Å². The van der Waals surface area contributed by atoms with Gasteiger partial charge in [0.05, 0.1) is 11.5 Å². The van der Waals surface area contributed by atoms with E-state index in [1.165, 1.54) is 44.9 Å². The van der Waals surface area contributed by atoms with E-state index in [0.717, 1.165) is 25.7 Å². The Balaban J connectivity index is 1.72. The Morgan fingerprint density at radius 3 is 2.50 bits per heavy atom. The predicted octanol–water partition coefficient (Wildman–Crippen LogP) is 4.18. The Hall–Kier alpha value is -0.630. The van der Waals surface area contributed by atoms with E-state index in [1.54, 1.807) is 0 Å². The zero-order valence-corrected chi connectivity index (χ0v) is 12.4. The van der Waals surface area contributed by atoms with Crippen LogP contribution >= 0.6 is 0 Å². The minimum atomic E-state index is -0.442. The molecule has 3 fully saturated rings. The van der Waals surface area contributed by atoms with Gasteiger partial charge in [0.2, 0.25) is 0 Å². The van der Waals surface area contributed by atoms with Gasteiger partial charge in [0.1, 0.15) is 5.60 Å². The standard InChI is InChI=1S/C18H26O2/c19-16-15-10-7-12-17(15)11-5-6-13-18(16,20-17)14-8-3-1-2-4-9-14/h5-6,14-15H,1-4,7-13H2/t15?,17-,18+/m1/s1. The first-order valence-corrected chi connectivity index (χ1v) is 8.66. The molecule has 2 saturated carbocycles. The minimum Gasteiger partial charge on any atom is -0.359 e. The summed E-state index contributed by atoms with van der Waals surface area (Å²) in [5.74, 6) is 1.16. The van der Waals surface area contributed by atoms with Crippen LogP contribution in [-0.4, -0.2) is 17.0 Å². The van der Waals surface area contributed by atoms with Crippen LogP contribution in [0.1, 0.15) is 70.6 Å². The summed E-state index contributed by atoms with van der Waals surface area (Å²) >= 11 is 0. The van der Waals surface area contributed by atoms with Crippen LogP contribution in [0, 0.1) is 11.8 Å². The highest BCUT2D eigenvalue weighted by Gasteiger charge is 2.65. The maximum atomic E-state index is 13.2. The van der Waals surface area contributed by atoms with Crippen molar-refractivity contribution in [3.8, 4) is 0 Å². The molecule has 0 aromatic heterocycles. The first-order chi connectivity index (χ1) is 9.77. The molecule has 110 valence electrons. The summed E-state index contributed by atoms with van der Waals surface area (Å²) in [4.78, 5) is 13.2. The summed E-state index contributed by atoms with van der Waals surface area (Å²) < 4.78 is 6.72. The van der Waals surface area contributed by atoms with Crippen LogP contribution in [0.3, 0.4) is 0 Å². The molecule has 2 heteroatoms. The normalized spacial score (nSPS) is 45.2. The Bertz CT molecular complexity index is 433. The molecule has 4 aliphatic rings. The maximum Gasteiger partial charge on any atom is 0.171 e. The highest BCUT2D eigenvalue weighted by molar-refractivity contribution is 5.93. The number of fused-ring (bicyclic) bond motifs is 1. The van der Waals surface area contributed by atoms with Crippen molar-refractivity contribution in [2.75, 3.05) is 0 Å². The van der Waals surface area contributed by atoms with Gasteiger partial charge in [0.25, 0.3) is 0 Å². The molecule has 0 aromatic carbocycles. The van der Waals surface area contributed by atoms with Gasteiger partial charge in [-0.05, 0) is 44.4 Å². The lowest BCUT2D eigenvalue weighted by atomic mass is 9.73. The molecule has 20 heavy (non-hydrogen) atoms. The second-order valence-corrected chi connectivity index (χ2v) is 7.43. The summed E-state index contributed by atoms with van der Waals surface area (Å²) in [5.41, 5.74) is -0.557. The Morgan fingerprint density at radius 2 is 1.70 bits per heavy atom. The zero-order valence-electron chi connectivity index (χ0n) is 12.4. The zero-order chi connectivity index (χ0) is 13.6. The lowest BCUT2D eigenvalue weighted by molar-refractivity contribution is -0.153. The second kappa shape index (κ2) is 4.69. The average Bonchev–Trinajstić information content (AvgIpc) is 2.74. The summed E-state index contributed by atoms with van der Waals surface area (Å²) in [6.45, 7) is 0. The van der Waals surface area contributed by atoms with Crippen LogP contribution in [0.2, 0.25) is 0 Å². The van der Waals surface area contributed by atoms with Gasteiger partial charge >= 0.3 is 0 Å². The fraction of sp³-hybridized carbons (Fsp3) is 0.833. The van der Waals surface area contributed by atoms with Gasteiger partial charge in [-0.25, -0.2) is 0 Å². The first kappa shape index (κ1) is 13.1. The summed E-state index contributed by atoms with van der Waals surface area (Å²) in [7, 11) is 0. The van der Waals surface area contributed by atoms with E-state index in [4.69, 9.17) is 4.74 Å². The highest BCUT2D eigenvalue weighted by Crippen LogP contribution is 2.57. The SMILES string of the molecule is O=C1C2CCC[C@]23CC=CC[C@@]1(C1CCCCCC1)O3. The maximum absolute atomic E-state index is 13.2. The predicted molar refractivity (Wildman–Crippen MR) is 78.5 cm³/mol. The van der Waals surface area contributed by atoms with E-state index in [0.29, 0.717) is 11.7 Å². The fourth-order valence-electron chi connectivity index (χ4n) is 5.41. The topological polar surface area (TPSA) is 26.3 Å². The van der Waals surface area contributed by atoms with Crippen LogP contribution in [0.25, 0.3) is 0 Å². The van der Waals surface area contributed by atoms with Crippen molar-refractivity contribution >= 4 is 5.78 Å². The third kappa shape index (κ3) is 1.70. The number of ether oxygens (including phenoxy) is 1. The van der Waals surface area contributed by atoms with Gasteiger partial charge in [0, 0.05) is 6.42 Å². The van der Waals surface area contributed by atoms with Crippen LogP contribution in [-0.2, 0) is 9.53 Å². The number of hydrogen-bond acceptors (Lipinski definition) is 2. The van der Waals surface area contributed by atoms with Gasteiger partial charge in [-0.3, -0.25) is 4.79 Å². The van der Waals surface area contributed by atoms with Gasteiger partial charge in [-0.15, -0.1) is 0 Å². The van der Waals surface area contributed by atoms with Crippen molar-refractivity contribution in [1.29, 1.82) is 0 Å². The molecule has 1 saturated heterocycles. The Morgan fingerprint density at radius 1 is 0.950 bits per heavy atom. The number of hydrogen-bond donors (Lipinski definition) is 0. The molecule has 2 aliphatic carbocycles. The van der Waals surface area contributed by atoms with Crippen molar-refractivity contribution in [2.24, 2.45) is 11.8 Å².